The Bertz CT molecular complexity index is 587. The second-order valence-electron chi connectivity index (χ2n) is 3.83. The van der Waals surface area contributed by atoms with Crippen LogP contribution in [0.15, 0.2) is 17.0 Å². The predicted molar refractivity (Wildman–Crippen MR) is 67.1 cm³/mol. The molecule has 1 amide bonds. The van der Waals surface area contributed by atoms with Crippen LogP contribution in [0.1, 0.15) is 24.2 Å². The van der Waals surface area contributed by atoms with Gasteiger partial charge in [-0.05, 0) is 26.0 Å². The van der Waals surface area contributed by atoms with Crippen molar-refractivity contribution in [1.29, 1.82) is 0 Å². The first-order valence-electron chi connectivity index (χ1n) is 4.87. The molecule has 1 aromatic carbocycles. The molecule has 1 N–H and O–H groups in total. The highest BCUT2D eigenvalue weighted by Crippen LogP contribution is 2.26. The Morgan fingerprint density at radius 3 is 2.39 bits per heavy atom. The van der Waals surface area contributed by atoms with Gasteiger partial charge in [0.2, 0.25) is 0 Å². The molecule has 1 aromatic rings. The van der Waals surface area contributed by atoms with Crippen molar-refractivity contribution in [2.45, 2.75) is 24.8 Å². The third kappa shape index (κ3) is 3.57. The molecule has 0 radical (unpaired) electrons. The van der Waals surface area contributed by atoms with Gasteiger partial charge in [-0.1, -0.05) is 11.6 Å². The lowest BCUT2D eigenvalue weighted by Crippen LogP contribution is -2.31. The number of amides is 1. The van der Waals surface area contributed by atoms with Gasteiger partial charge in [0.25, 0.3) is 15.0 Å². The summed E-state index contributed by atoms with van der Waals surface area (Å²) in [6.07, 6.45) is 0. The average Bonchev–Trinajstić information content (AvgIpc) is 2.18. The zero-order valence-corrected chi connectivity index (χ0v) is 11.8. The van der Waals surface area contributed by atoms with Gasteiger partial charge in [-0.15, -0.1) is 0 Å². The topological polar surface area (TPSA) is 63.2 Å². The van der Waals surface area contributed by atoms with Gasteiger partial charge in [0.05, 0.1) is 5.56 Å². The molecular formula is C10H10Cl2FNO3S. The van der Waals surface area contributed by atoms with Crippen LogP contribution in [0, 0.1) is 5.82 Å². The normalized spacial score (nSPS) is 11.7. The van der Waals surface area contributed by atoms with E-state index in [2.05, 4.69) is 5.32 Å². The molecule has 0 aromatic heterocycles. The van der Waals surface area contributed by atoms with E-state index in [0.29, 0.717) is 0 Å². The van der Waals surface area contributed by atoms with Crippen LogP contribution in [0.4, 0.5) is 4.39 Å². The zero-order valence-electron chi connectivity index (χ0n) is 9.50. The standard InChI is InChI=1S/C10H10Cl2FNO3S/c1-5(2)14-10(15)7-3-6(11)4-8(9(7)13)18(12,16)17/h3-5H,1-2H3,(H,14,15). The fourth-order valence-electron chi connectivity index (χ4n) is 1.25. The largest absolute Gasteiger partial charge is 0.350 e. The Kier molecular flexibility index (Phi) is 4.58. The van der Waals surface area contributed by atoms with Gasteiger partial charge in [-0.2, -0.15) is 0 Å². The number of rotatable bonds is 3. The van der Waals surface area contributed by atoms with Gasteiger partial charge in [-0.3, -0.25) is 4.79 Å². The van der Waals surface area contributed by atoms with Gasteiger partial charge in [0.15, 0.2) is 5.82 Å². The van der Waals surface area contributed by atoms with E-state index >= 15 is 0 Å². The van der Waals surface area contributed by atoms with Gasteiger partial charge in [0.1, 0.15) is 4.90 Å². The van der Waals surface area contributed by atoms with Crippen LogP contribution in [-0.4, -0.2) is 20.4 Å². The highest BCUT2D eigenvalue weighted by Gasteiger charge is 2.23. The number of hydrogen-bond acceptors (Lipinski definition) is 3. The number of halogens is 3. The molecule has 0 bridgehead atoms. The zero-order chi connectivity index (χ0) is 14.1. The highest BCUT2D eigenvalue weighted by molar-refractivity contribution is 8.13. The summed E-state index contributed by atoms with van der Waals surface area (Å²) < 4.78 is 36.1. The van der Waals surface area contributed by atoms with Gasteiger partial charge >= 0.3 is 0 Å². The van der Waals surface area contributed by atoms with Crippen LogP contribution in [-0.2, 0) is 9.05 Å². The third-order valence-electron chi connectivity index (χ3n) is 1.93. The first kappa shape index (κ1) is 15.2. The van der Waals surface area contributed by atoms with E-state index in [-0.39, 0.29) is 11.1 Å². The van der Waals surface area contributed by atoms with E-state index < -0.39 is 31.2 Å². The summed E-state index contributed by atoms with van der Waals surface area (Å²) in [5.41, 5.74) is -0.463. The minimum atomic E-state index is -4.31. The van der Waals surface area contributed by atoms with E-state index in [4.69, 9.17) is 22.3 Å². The number of benzene rings is 1. The molecule has 0 aliphatic heterocycles. The summed E-state index contributed by atoms with van der Waals surface area (Å²) >= 11 is 5.64. The Balaban J connectivity index is 3.39. The van der Waals surface area contributed by atoms with Crippen LogP contribution in [0.5, 0.6) is 0 Å². The summed E-state index contributed by atoms with van der Waals surface area (Å²) in [7, 11) is 0.752. The summed E-state index contributed by atoms with van der Waals surface area (Å²) in [5.74, 6) is -1.97. The van der Waals surface area contributed by atoms with Crippen molar-refractivity contribution >= 4 is 37.2 Å². The number of nitrogens with one attached hydrogen (secondary N) is 1. The fourth-order valence-corrected chi connectivity index (χ4v) is 2.46. The van der Waals surface area contributed by atoms with Crippen molar-refractivity contribution in [3.63, 3.8) is 0 Å². The van der Waals surface area contributed by atoms with Crippen molar-refractivity contribution in [1.82, 2.24) is 5.32 Å². The van der Waals surface area contributed by atoms with Crippen LogP contribution in [0.3, 0.4) is 0 Å². The van der Waals surface area contributed by atoms with Gasteiger partial charge < -0.3 is 5.32 Å². The summed E-state index contributed by atoms with van der Waals surface area (Å²) in [6, 6.07) is 1.66. The highest BCUT2D eigenvalue weighted by atomic mass is 35.7. The molecule has 0 aliphatic rings. The van der Waals surface area contributed by atoms with Crippen LogP contribution < -0.4 is 5.32 Å². The monoisotopic (exact) mass is 313 g/mol. The minimum Gasteiger partial charge on any atom is -0.350 e. The molecule has 0 unspecified atom stereocenters. The van der Waals surface area contributed by atoms with Gasteiger partial charge in [0, 0.05) is 21.7 Å². The summed E-state index contributed by atoms with van der Waals surface area (Å²) in [4.78, 5) is 10.8. The number of hydrogen-bond donors (Lipinski definition) is 1. The molecule has 0 fully saturated rings. The third-order valence-corrected chi connectivity index (χ3v) is 3.47. The molecule has 100 valence electrons. The molecule has 1 rings (SSSR count). The van der Waals surface area contributed by atoms with Gasteiger partial charge in [-0.25, -0.2) is 12.8 Å². The maximum Gasteiger partial charge on any atom is 0.264 e. The lowest BCUT2D eigenvalue weighted by Gasteiger charge is -2.10. The van der Waals surface area contributed by atoms with Crippen LogP contribution in [0.2, 0.25) is 5.02 Å². The second-order valence-corrected chi connectivity index (χ2v) is 6.80. The lowest BCUT2D eigenvalue weighted by molar-refractivity contribution is 0.0938. The van der Waals surface area contributed by atoms with E-state index in [9.17, 15) is 17.6 Å². The van der Waals surface area contributed by atoms with E-state index in [1.807, 2.05) is 0 Å². The van der Waals surface area contributed by atoms with Crippen LogP contribution in [0.25, 0.3) is 0 Å². The molecule has 0 atom stereocenters. The van der Waals surface area contributed by atoms with Crippen molar-refractivity contribution in [3.05, 3.63) is 28.5 Å². The Morgan fingerprint density at radius 2 is 1.94 bits per heavy atom. The Morgan fingerprint density at radius 1 is 1.39 bits per heavy atom. The SMILES string of the molecule is CC(C)NC(=O)c1cc(Cl)cc(S(=O)(=O)Cl)c1F. The molecular weight excluding hydrogens is 304 g/mol. The quantitative estimate of drug-likeness (QED) is 0.872. The van der Waals surface area contributed by atoms with Crippen molar-refractivity contribution < 1.29 is 17.6 Å². The fraction of sp³-hybridized carbons (Fsp3) is 0.300. The number of carbonyl (C=O) groups is 1. The molecule has 4 nitrogen and oxygen atoms in total. The maximum atomic E-state index is 13.9. The second kappa shape index (κ2) is 5.42. The first-order valence-corrected chi connectivity index (χ1v) is 7.56. The molecule has 0 saturated heterocycles. The molecule has 0 spiro atoms. The Hall–Kier alpha value is -0.850. The smallest absolute Gasteiger partial charge is 0.264 e. The van der Waals surface area contributed by atoms with Crippen molar-refractivity contribution in [3.8, 4) is 0 Å². The first-order chi connectivity index (χ1) is 8.12. The molecule has 8 heteroatoms. The Labute approximate surface area is 114 Å². The molecule has 0 saturated carbocycles. The van der Waals surface area contributed by atoms with Crippen LogP contribution >= 0.6 is 22.3 Å². The van der Waals surface area contributed by atoms with Crippen molar-refractivity contribution in [2.75, 3.05) is 0 Å². The molecule has 18 heavy (non-hydrogen) atoms. The average molecular weight is 314 g/mol. The predicted octanol–water partition coefficient (Wildman–Crippen LogP) is 2.54. The minimum absolute atomic E-state index is 0.0930. The van der Waals surface area contributed by atoms with E-state index in [1.165, 1.54) is 0 Å². The van der Waals surface area contributed by atoms with E-state index in [1.54, 1.807) is 13.8 Å². The summed E-state index contributed by atoms with van der Waals surface area (Å²) in [5, 5.41) is 2.34. The van der Waals surface area contributed by atoms with Crippen molar-refractivity contribution in [2.24, 2.45) is 0 Å². The molecule has 0 heterocycles. The maximum absolute atomic E-state index is 13.9. The molecule has 0 aliphatic carbocycles. The van der Waals surface area contributed by atoms with E-state index in [0.717, 1.165) is 12.1 Å². The lowest BCUT2D eigenvalue weighted by atomic mass is 10.2. The summed E-state index contributed by atoms with van der Waals surface area (Å²) in [6.45, 7) is 3.36. The number of carbonyl (C=O) groups excluding carboxylic acids is 1.